The van der Waals surface area contributed by atoms with Gasteiger partial charge in [0.1, 0.15) is 17.3 Å². The predicted octanol–water partition coefficient (Wildman–Crippen LogP) is 5.52. The lowest BCUT2D eigenvalue weighted by Crippen LogP contribution is -2.50. The first-order valence-electron chi connectivity index (χ1n) is 11.9. The van der Waals surface area contributed by atoms with Crippen LogP contribution in [-0.4, -0.2) is 21.2 Å². The molecule has 1 fully saturated rings. The number of phenols is 2. The summed E-state index contributed by atoms with van der Waals surface area (Å²) in [6, 6.07) is 25.3. The molecule has 0 aliphatic carbocycles. The summed E-state index contributed by atoms with van der Waals surface area (Å²) in [6.07, 6.45) is -0.190. The number of aliphatic hydroxyl groups excluding tert-OH is 1. The summed E-state index contributed by atoms with van der Waals surface area (Å²) in [7, 11) is 0. The van der Waals surface area contributed by atoms with E-state index in [1.165, 1.54) is 6.07 Å². The molecule has 0 aromatic heterocycles. The summed E-state index contributed by atoms with van der Waals surface area (Å²) in [4.78, 5) is 12.7. The van der Waals surface area contributed by atoms with Gasteiger partial charge in [-0.3, -0.25) is 4.79 Å². The number of nitrogens with one attached hydrogen (secondary N) is 1. The second kappa shape index (κ2) is 9.84. The van der Waals surface area contributed by atoms with E-state index in [4.69, 9.17) is 0 Å². The highest BCUT2D eigenvalue weighted by Crippen LogP contribution is 2.44. The molecule has 4 aromatic rings. The van der Waals surface area contributed by atoms with Crippen molar-refractivity contribution >= 4 is 5.91 Å². The molecule has 1 saturated heterocycles. The average molecular weight is 484 g/mol. The fraction of sp³-hybridized carbons (Fsp3) is 0.167. The number of aryl methyl sites for hydroxylation is 1. The summed E-state index contributed by atoms with van der Waals surface area (Å²) in [6.45, 7) is 0. The average Bonchev–Trinajstić information content (AvgIpc) is 2.87. The van der Waals surface area contributed by atoms with Crippen molar-refractivity contribution in [2.75, 3.05) is 0 Å². The molecule has 4 aromatic carbocycles. The SMILES string of the molecule is O=C1N[C@H](c2ccc(-c3cccc(O)c3)cc2O)[C@H]1c1ccccc1CC[C@H](O)c1ccccc1F. The number of aromatic hydroxyl groups is 2. The normalized spacial score (nSPS) is 17.8. The van der Waals surface area contributed by atoms with Crippen molar-refractivity contribution in [3.63, 3.8) is 0 Å². The van der Waals surface area contributed by atoms with Crippen LogP contribution in [0.1, 0.15) is 46.7 Å². The lowest BCUT2D eigenvalue weighted by Gasteiger charge is -2.38. The van der Waals surface area contributed by atoms with Crippen LogP contribution < -0.4 is 5.32 Å². The zero-order valence-electron chi connectivity index (χ0n) is 19.4. The van der Waals surface area contributed by atoms with E-state index >= 15 is 0 Å². The van der Waals surface area contributed by atoms with Crippen LogP contribution >= 0.6 is 0 Å². The number of benzene rings is 4. The van der Waals surface area contributed by atoms with Crippen molar-refractivity contribution < 1.29 is 24.5 Å². The number of carbonyl (C=O) groups is 1. The number of amides is 1. The summed E-state index contributed by atoms with van der Waals surface area (Å²) in [5.74, 6) is -0.887. The third-order valence-electron chi connectivity index (χ3n) is 6.80. The molecule has 0 radical (unpaired) electrons. The van der Waals surface area contributed by atoms with Crippen molar-refractivity contribution in [1.29, 1.82) is 0 Å². The van der Waals surface area contributed by atoms with E-state index in [1.807, 2.05) is 36.4 Å². The Labute approximate surface area is 208 Å². The minimum Gasteiger partial charge on any atom is -0.508 e. The molecule has 0 saturated carbocycles. The van der Waals surface area contributed by atoms with Gasteiger partial charge in [-0.2, -0.15) is 0 Å². The fourth-order valence-electron chi connectivity index (χ4n) is 4.89. The first-order valence-corrected chi connectivity index (χ1v) is 11.9. The molecule has 3 atom stereocenters. The Balaban J connectivity index is 1.38. The molecule has 0 spiro atoms. The lowest BCUT2D eigenvalue weighted by atomic mass is 9.77. The molecule has 5 nitrogen and oxygen atoms in total. The van der Waals surface area contributed by atoms with Gasteiger partial charge >= 0.3 is 0 Å². The Morgan fingerprint density at radius 1 is 0.833 bits per heavy atom. The van der Waals surface area contributed by atoms with Gasteiger partial charge in [-0.1, -0.05) is 66.7 Å². The highest BCUT2D eigenvalue weighted by atomic mass is 19.1. The van der Waals surface area contributed by atoms with Crippen molar-refractivity contribution in [2.45, 2.75) is 30.9 Å². The van der Waals surface area contributed by atoms with E-state index in [1.54, 1.807) is 48.5 Å². The monoisotopic (exact) mass is 483 g/mol. The van der Waals surface area contributed by atoms with Crippen molar-refractivity contribution in [1.82, 2.24) is 5.32 Å². The van der Waals surface area contributed by atoms with Crippen LogP contribution in [-0.2, 0) is 11.2 Å². The predicted molar refractivity (Wildman–Crippen MR) is 135 cm³/mol. The molecule has 1 amide bonds. The molecule has 182 valence electrons. The van der Waals surface area contributed by atoms with Crippen molar-refractivity contribution in [3.8, 4) is 22.6 Å². The van der Waals surface area contributed by atoms with Crippen LogP contribution in [0.25, 0.3) is 11.1 Å². The van der Waals surface area contributed by atoms with Gasteiger partial charge in [-0.25, -0.2) is 4.39 Å². The van der Waals surface area contributed by atoms with Crippen LogP contribution in [0.4, 0.5) is 4.39 Å². The Kier molecular flexibility index (Phi) is 6.44. The summed E-state index contributed by atoms with van der Waals surface area (Å²) in [5, 5.41) is 34.0. The van der Waals surface area contributed by atoms with Crippen molar-refractivity contribution in [3.05, 3.63) is 119 Å². The van der Waals surface area contributed by atoms with Gasteiger partial charge in [0.2, 0.25) is 5.91 Å². The topological polar surface area (TPSA) is 89.8 Å². The van der Waals surface area contributed by atoms with Crippen LogP contribution in [0.5, 0.6) is 11.5 Å². The molecule has 0 unspecified atom stereocenters. The van der Waals surface area contributed by atoms with E-state index in [0.29, 0.717) is 18.4 Å². The number of halogens is 1. The molecule has 1 aliphatic rings. The molecular weight excluding hydrogens is 457 g/mol. The van der Waals surface area contributed by atoms with Gasteiger partial charge in [-0.15, -0.1) is 0 Å². The van der Waals surface area contributed by atoms with Crippen LogP contribution in [0.15, 0.2) is 91.0 Å². The summed E-state index contributed by atoms with van der Waals surface area (Å²) in [5.41, 5.74) is 4.09. The van der Waals surface area contributed by atoms with Crippen molar-refractivity contribution in [2.24, 2.45) is 0 Å². The maximum Gasteiger partial charge on any atom is 0.230 e. The quantitative estimate of drug-likeness (QED) is 0.261. The molecular formula is C30H26FNO4. The van der Waals surface area contributed by atoms with Gasteiger partial charge in [-0.05, 0) is 59.4 Å². The number of aliphatic hydroxyl groups is 1. The fourth-order valence-corrected chi connectivity index (χ4v) is 4.89. The third-order valence-corrected chi connectivity index (χ3v) is 6.80. The van der Waals surface area contributed by atoms with E-state index < -0.39 is 23.9 Å². The van der Waals surface area contributed by atoms with Gasteiger partial charge < -0.3 is 20.6 Å². The third kappa shape index (κ3) is 4.55. The Bertz CT molecular complexity index is 1420. The second-order valence-corrected chi connectivity index (χ2v) is 9.06. The number of phenolic OH excluding ortho intramolecular Hbond substituents is 2. The highest BCUT2D eigenvalue weighted by Gasteiger charge is 2.43. The van der Waals surface area contributed by atoms with E-state index in [0.717, 1.165) is 22.3 Å². The number of carbonyl (C=O) groups excluding carboxylic acids is 1. The smallest absolute Gasteiger partial charge is 0.230 e. The first-order chi connectivity index (χ1) is 17.4. The van der Waals surface area contributed by atoms with Gasteiger partial charge in [0.05, 0.1) is 18.1 Å². The minimum absolute atomic E-state index is 0.0540. The van der Waals surface area contributed by atoms with Crippen LogP contribution in [0.3, 0.4) is 0 Å². The summed E-state index contributed by atoms with van der Waals surface area (Å²) >= 11 is 0. The Morgan fingerprint density at radius 2 is 1.58 bits per heavy atom. The number of hydrogen-bond acceptors (Lipinski definition) is 4. The molecule has 6 heteroatoms. The largest absolute Gasteiger partial charge is 0.508 e. The molecule has 5 rings (SSSR count). The van der Waals surface area contributed by atoms with Gasteiger partial charge in [0.25, 0.3) is 0 Å². The van der Waals surface area contributed by atoms with E-state index in [-0.39, 0.29) is 23.0 Å². The molecule has 1 heterocycles. The number of hydrogen-bond donors (Lipinski definition) is 4. The van der Waals surface area contributed by atoms with Gasteiger partial charge in [0.15, 0.2) is 0 Å². The maximum absolute atomic E-state index is 14.1. The van der Waals surface area contributed by atoms with E-state index in [2.05, 4.69) is 5.32 Å². The molecule has 0 bridgehead atoms. The lowest BCUT2D eigenvalue weighted by molar-refractivity contribution is -0.131. The maximum atomic E-state index is 14.1. The van der Waals surface area contributed by atoms with Gasteiger partial charge in [0, 0.05) is 11.1 Å². The van der Waals surface area contributed by atoms with E-state index in [9.17, 15) is 24.5 Å². The van der Waals surface area contributed by atoms with Crippen LogP contribution in [0, 0.1) is 5.82 Å². The Morgan fingerprint density at radius 3 is 2.33 bits per heavy atom. The minimum atomic E-state index is -0.959. The standard InChI is InChI=1S/C30H26FNO4/c31-25-11-4-3-10-23(25)26(34)15-13-18-6-1-2-9-22(18)28-29(32-30(28)36)24-14-12-20(17-27(24)35)19-7-5-8-21(33)16-19/h1-12,14,16-17,26,28-29,33-35H,13,15H2,(H,32,36)/t26-,28+,29+/m0/s1. The summed E-state index contributed by atoms with van der Waals surface area (Å²) < 4.78 is 14.1. The number of rotatable bonds is 7. The second-order valence-electron chi connectivity index (χ2n) is 9.06. The van der Waals surface area contributed by atoms with Crippen LogP contribution in [0.2, 0.25) is 0 Å². The molecule has 36 heavy (non-hydrogen) atoms. The first kappa shape index (κ1) is 23.6. The zero-order chi connectivity index (χ0) is 25.2. The highest BCUT2D eigenvalue weighted by molar-refractivity contribution is 5.92. The zero-order valence-corrected chi connectivity index (χ0v) is 19.4. The Hall–Kier alpha value is -4.16. The number of β-lactam (4-membered cyclic amide) rings is 1. The molecule has 4 N–H and O–H groups in total. The molecule has 1 aliphatic heterocycles.